The second kappa shape index (κ2) is 8.60. The number of sulfonamides is 1. The molecule has 5 nitrogen and oxygen atoms in total. The molecule has 1 N–H and O–H groups in total. The summed E-state index contributed by atoms with van der Waals surface area (Å²) in [5.41, 5.74) is 0.634. The van der Waals surface area contributed by atoms with Crippen LogP contribution in [0.1, 0.15) is 37.3 Å². The van der Waals surface area contributed by atoms with E-state index in [1.54, 1.807) is 35.2 Å². The summed E-state index contributed by atoms with van der Waals surface area (Å²) in [7, 11) is -3.77. The lowest BCUT2D eigenvalue weighted by molar-refractivity contribution is -0.132. The van der Waals surface area contributed by atoms with Gasteiger partial charge in [-0.25, -0.2) is 8.42 Å². The largest absolute Gasteiger partial charge is 0.342 e. The van der Waals surface area contributed by atoms with Gasteiger partial charge in [0, 0.05) is 18.0 Å². The number of amides is 1. The smallest absolute Gasteiger partial charge is 0.251 e. The summed E-state index contributed by atoms with van der Waals surface area (Å²) >= 11 is 1.23. The number of hydrogen-bond donors (Lipinski definition) is 1. The van der Waals surface area contributed by atoms with Gasteiger partial charge in [0.15, 0.2) is 0 Å². The van der Waals surface area contributed by atoms with Gasteiger partial charge in [0.1, 0.15) is 10.3 Å². The van der Waals surface area contributed by atoms with Gasteiger partial charge in [-0.1, -0.05) is 37.3 Å². The topological polar surface area (TPSA) is 66.5 Å². The summed E-state index contributed by atoms with van der Waals surface area (Å²) in [5.74, 6) is -0.243. The highest BCUT2D eigenvalue weighted by Crippen LogP contribution is 2.25. The van der Waals surface area contributed by atoms with Crippen molar-refractivity contribution in [2.45, 2.75) is 37.4 Å². The Bertz CT molecular complexity index is 797. The van der Waals surface area contributed by atoms with E-state index in [9.17, 15) is 13.2 Å². The van der Waals surface area contributed by atoms with Gasteiger partial charge in [-0.15, -0.1) is 11.3 Å². The number of thiophene rings is 1. The summed E-state index contributed by atoms with van der Waals surface area (Å²) in [4.78, 5) is 15.5. The molecule has 0 spiro atoms. The van der Waals surface area contributed by atoms with Gasteiger partial charge in [0.25, 0.3) is 10.0 Å². The van der Waals surface area contributed by atoms with Crippen molar-refractivity contribution >= 4 is 27.3 Å². The molecule has 2 aromatic rings. The van der Waals surface area contributed by atoms with Crippen molar-refractivity contribution < 1.29 is 13.2 Å². The quantitative estimate of drug-likeness (QED) is 0.765. The molecular weight excluding hydrogens is 356 g/mol. The van der Waals surface area contributed by atoms with E-state index in [2.05, 4.69) is 4.72 Å². The first kappa shape index (κ1) is 19.6. The van der Waals surface area contributed by atoms with Gasteiger partial charge >= 0.3 is 0 Å². The van der Waals surface area contributed by atoms with E-state index < -0.39 is 16.1 Å². The van der Waals surface area contributed by atoms with Crippen molar-refractivity contribution in [1.29, 1.82) is 0 Å². The Morgan fingerprint density at radius 1 is 1.08 bits per heavy atom. The first-order valence-electron chi connectivity index (χ1n) is 8.37. The van der Waals surface area contributed by atoms with Gasteiger partial charge in [0.05, 0.1) is 0 Å². The molecule has 0 aliphatic carbocycles. The molecule has 0 radical (unpaired) electrons. The Hall–Kier alpha value is -1.70. The van der Waals surface area contributed by atoms with Gasteiger partial charge in [-0.2, -0.15) is 4.72 Å². The van der Waals surface area contributed by atoms with Crippen molar-refractivity contribution in [2.24, 2.45) is 0 Å². The van der Waals surface area contributed by atoms with Gasteiger partial charge < -0.3 is 4.90 Å². The van der Waals surface area contributed by atoms with E-state index in [0.29, 0.717) is 18.7 Å². The molecule has 7 heteroatoms. The molecule has 1 amide bonds. The minimum atomic E-state index is -3.77. The first-order valence-corrected chi connectivity index (χ1v) is 10.7. The fraction of sp³-hybridized carbons (Fsp3) is 0.389. The lowest BCUT2D eigenvalue weighted by Crippen LogP contribution is -2.42. The van der Waals surface area contributed by atoms with E-state index in [-0.39, 0.29) is 10.1 Å². The molecule has 0 saturated carbocycles. The highest BCUT2D eigenvalue weighted by molar-refractivity contribution is 7.91. The summed E-state index contributed by atoms with van der Waals surface area (Å²) in [6, 6.07) is 11.4. The zero-order chi connectivity index (χ0) is 18.4. The van der Waals surface area contributed by atoms with Crippen LogP contribution in [0.3, 0.4) is 0 Å². The third kappa shape index (κ3) is 4.68. The van der Waals surface area contributed by atoms with E-state index >= 15 is 0 Å². The average Bonchev–Trinajstić information content (AvgIpc) is 3.11. The Balaban J connectivity index is 2.37. The Labute approximate surface area is 153 Å². The standard InChI is InChI=1S/C18H24N2O3S2/c1-4-15-12-13-16(24-15)25(22,23)19-17(14-10-8-7-9-11-14)18(21)20(5-2)6-3/h7-13,17,19H,4-6H2,1-3H3/t17-/m0/s1. The summed E-state index contributed by atoms with van der Waals surface area (Å²) in [6.45, 7) is 6.79. The monoisotopic (exact) mass is 380 g/mol. The van der Waals surface area contributed by atoms with Gasteiger partial charge in [0.2, 0.25) is 5.91 Å². The number of benzene rings is 1. The lowest BCUT2D eigenvalue weighted by atomic mass is 10.1. The molecule has 25 heavy (non-hydrogen) atoms. The molecule has 0 bridgehead atoms. The van der Waals surface area contributed by atoms with Crippen LogP contribution in [0.2, 0.25) is 0 Å². The minimum Gasteiger partial charge on any atom is -0.342 e. The molecule has 2 rings (SSSR count). The van der Waals surface area contributed by atoms with Crippen LogP contribution in [0.15, 0.2) is 46.7 Å². The number of nitrogens with zero attached hydrogens (tertiary/aromatic N) is 1. The van der Waals surface area contributed by atoms with E-state index in [1.165, 1.54) is 11.3 Å². The van der Waals surface area contributed by atoms with Crippen molar-refractivity contribution in [3.8, 4) is 0 Å². The average molecular weight is 381 g/mol. The normalized spacial score (nSPS) is 12.8. The maximum Gasteiger partial charge on any atom is 0.251 e. The molecular formula is C18H24N2O3S2. The van der Waals surface area contributed by atoms with E-state index in [0.717, 1.165) is 11.3 Å². The van der Waals surface area contributed by atoms with Crippen LogP contribution in [0.5, 0.6) is 0 Å². The van der Waals surface area contributed by atoms with Crippen LogP contribution < -0.4 is 4.72 Å². The highest BCUT2D eigenvalue weighted by atomic mass is 32.2. The van der Waals surface area contributed by atoms with Crippen LogP contribution in [-0.4, -0.2) is 32.3 Å². The maximum atomic E-state index is 12.9. The zero-order valence-electron chi connectivity index (χ0n) is 14.7. The van der Waals surface area contributed by atoms with Crippen molar-refractivity contribution in [2.75, 3.05) is 13.1 Å². The van der Waals surface area contributed by atoms with Crippen LogP contribution >= 0.6 is 11.3 Å². The number of aryl methyl sites for hydroxylation is 1. The predicted molar refractivity (Wildman–Crippen MR) is 101 cm³/mol. The number of rotatable bonds is 8. The Morgan fingerprint density at radius 3 is 2.24 bits per heavy atom. The first-order chi connectivity index (χ1) is 11.9. The van der Waals surface area contributed by atoms with Crippen molar-refractivity contribution in [3.63, 3.8) is 0 Å². The molecule has 1 aromatic carbocycles. The molecule has 0 aliphatic heterocycles. The van der Waals surface area contributed by atoms with Crippen LogP contribution in [0.25, 0.3) is 0 Å². The Morgan fingerprint density at radius 2 is 1.72 bits per heavy atom. The van der Waals surface area contributed by atoms with Crippen LogP contribution in [-0.2, 0) is 21.2 Å². The molecule has 1 atom stereocenters. The molecule has 0 unspecified atom stereocenters. The second-order valence-corrected chi connectivity index (χ2v) is 8.66. The number of carbonyl (C=O) groups is 1. The fourth-order valence-electron chi connectivity index (χ4n) is 2.53. The number of likely N-dealkylation sites (N-methyl/N-ethyl adjacent to an activating group) is 1. The van der Waals surface area contributed by atoms with Crippen LogP contribution in [0.4, 0.5) is 0 Å². The summed E-state index contributed by atoms with van der Waals surface area (Å²) < 4.78 is 28.4. The molecule has 1 aromatic heterocycles. The number of nitrogens with one attached hydrogen (secondary N) is 1. The lowest BCUT2D eigenvalue weighted by Gasteiger charge is -2.26. The number of hydrogen-bond acceptors (Lipinski definition) is 4. The Kier molecular flexibility index (Phi) is 6.75. The molecule has 0 aliphatic rings. The second-order valence-electron chi connectivity index (χ2n) is 5.55. The molecule has 136 valence electrons. The van der Waals surface area contributed by atoms with Gasteiger partial charge in [-0.3, -0.25) is 4.79 Å². The summed E-state index contributed by atoms with van der Waals surface area (Å²) in [5, 5.41) is 0. The molecule has 0 fully saturated rings. The SMILES string of the molecule is CCc1ccc(S(=O)(=O)N[C@H](C(=O)N(CC)CC)c2ccccc2)s1. The third-order valence-corrected chi connectivity index (χ3v) is 7.12. The van der Waals surface area contributed by atoms with E-state index in [1.807, 2.05) is 32.9 Å². The zero-order valence-corrected chi connectivity index (χ0v) is 16.4. The minimum absolute atomic E-state index is 0.234. The maximum absolute atomic E-state index is 12.9. The van der Waals surface area contributed by atoms with Gasteiger partial charge in [-0.05, 0) is 38.0 Å². The highest BCUT2D eigenvalue weighted by Gasteiger charge is 2.30. The predicted octanol–water partition coefficient (Wildman–Crippen LogP) is 3.20. The van der Waals surface area contributed by atoms with E-state index in [4.69, 9.17) is 0 Å². The molecule has 0 saturated heterocycles. The van der Waals surface area contributed by atoms with Crippen molar-refractivity contribution in [1.82, 2.24) is 9.62 Å². The van der Waals surface area contributed by atoms with Crippen molar-refractivity contribution in [3.05, 3.63) is 52.9 Å². The molecule has 1 heterocycles. The summed E-state index contributed by atoms with van der Waals surface area (Å²) in [6.07, 6.45) is 0.778. The van der Waals surface area contributed by atoms with Crippen LogP contribution in [0, 0.1) is 0 Å². The fourth-order valence-corrected chi connectivity index (χ4v) is 5.02. The number of carbonyl (C=O) groups excluding carboxylic acids is 1. The third-order valence-electron chi connectivity index (χ3n) is 3.98.